The number of carboxylic acids is 1. The summed E-state index contributed by atoms with van der Waals surface area (Å²) in [5.74, 6) is -3.58. The first-order valence-electron chi connectivity index (χ1n) is 10.5. The molecule has 12 nitrogen and oxygen atoms in total. The van der Waals surface area contributed by atoms with E-state index in [9.17, 15) is 29.4 Å². The zero-order valence-corrected chi connectivity index (χ0v) is 20.3. The smallest absolute Gasteiger partial charge is 0.327 e. The molecule has 14 heteroatoms. The minimum atomic E-state index is -1.28. The number of aliphatic carboxylic acids is 1. The number of benzene rings is 1. The number of nitrogens with zero attached hydrogens (tertiary/aromatic N) is 1. The third kappa shape index (κ3) is 8.81. The van der Waals surface area contributed by atoms with Gasteiger partial charge in [0.2, 0.25) is 17.7 Å². The molecule has 0 bridgehead atoms. The standard InChI is InChI=1S/C21H28N6O6S2/c22-14(6-12-7-23-10-24-12)18(29)26-16(8-34)20(31)25-15(5-11-1-3-13(28)4-2-11)19(30)27-17(9-35)21(32)33/h1-4,7,10,14-17,28,34-35H,5-6,8-9,22H2,(H,23,24)(H,25,31)(H,26,29)(H,27,30)(H,32,33). The molecule has 0 saturated heterocycles. The number of aromatic nitrogens is 2. The number of aromatic hydroxyl groups is 1. The van der Waals surface area contributed by atoms with Crippen LogP contribution in [-0.2, 0) is 32.0 Å². The van der Waals surface area contributed by atoms with Crippen LogP contribution >= 0.6 is 25.3 Å². The van der Waals surface area contributed by atoms with E-state index in [4.69, 9.17) is 5.73 Å². The minimum absolute atomic E-state index is 0.0106. The van der Waals surface area contributed by atoms with E-state index in [1.165, 1.54) is 24.7 Å². The van der Waals surface area contributed by atoms with Gasteiger partial charge in [-0.1, -0.05) is 12.1 Å². The number of nitrogens with one attached hydrogen (secondary N) is 4. The summed E-state index contributed by atoms with van der Waals surface area (Å²) in [7, 11) is 0. The van der Waals surface area contributed by atoms with Crippen molar-refractivity contribution in [3.63, 3.8) is 0 Å². The molecule has 35 heavy (non-hydrogen) atoms. The van der Waals surface area contributed by atoms with Crippen LogP contribution < -0.4 is 21.7 Å². The van der Waals surface area contributed by atoms with Crippen LogP contribution in [0.4, 0.5) is 0 Å². The van der Waals surface area contributed by atoms with Gasteiger partial charge in [-0.15, -0.1) is 0 Å². The molecule has 0 aliphatic carbocycles. The zero-order chi connectivity index (χ0) is 26.0. The third-order valence-electron chi connectivity index (χ3n) is 4.95. The van der Waals surface area contributed by atoms with Crippen LogP contribution in [0, 0.1) is 0 Å². The van der Waals surface area contributed by atoms with Crippen LogP contribution in [0.25, 0.3) is 0 Å². The number of phenolic OH excluding ortho intramolecular Hbond substituents is 1. The first kappa shape index (κ1) is 28.0. The predicted octanol–water partition coefficient (Wildman–Crippen LogP) is -1.37. The fourth-order valence-electron chi connectivity index (χ4n) is 3.01. The molecule has 2 aromatic rings. The summed E-state index contributed by atoms with van der Waals surface area (Å²) in [5, 5.41) is 26.1. The van der Waals surface area contributed by atoms with Crippen molar-refractivity contribution in [2.75, 3.05) is 11.5 Å². The average molecular weight is 525 g/mol. The lowest BCUT2D eigenvalue weighted by Crippen LogP contribution is -2.58. The Morgan fingerprint density at radius 1 is 0.914 bits per heavy atom. The second kappa shape index (κ2) is 13.6. The molecule has 3 amide bonds. The maximum atomic E-state index is 12.9. The van der Waals surface area contributed by atoms with Gasteiger partial charge in [-0.3, -0.25) is 14.4 Å². The molecule has 190 valence electrons. The van der Waals surface area contributed by atoms with Crippen molar-refractivity contribution in [1.82, 2.24) is 25.9 Å². The van der Waals surface area contributed by atoms with Gasteiger partial charge in [0, 0.05) is 36.2 Å². The molecule has 4 unspecified atom stereocenters. The highest BCUT2D eigenvalue weighted by atomic mass is 32.1. The number of aromatic amines is 1. The van der Waals surface area contributed by atoms with Gasteiger partial charge in [0.05, 0.1) is 12.4 Å². The molecule has 0 aliphatic heterocycles. The normalized spacial score (nSPS) is 14.3. The van der Waals surface area contributed by atoms with Crippen molar-refractivity contribution < 1.29 is 29.4 Å². The molecule has 4 atom stereocenters. The van der Waals surface area contributed by atoms with E-state index in [1.807, 2.05) is 0 Å². The molecular formula is C21H28N6O6S2. The number of rotatable bonds is 13. The number of amides is 3. The van der Waals surface area contributed by atoms with Crippen LogP contribution in [0.15, 0.2) is 36.8 Å². The molecule has 0 aliphatic rings. The van der Waals surface area contributed by atoms with E-state index >= 15 is 0 Å². The molecule has 2 rings (SSSR count). The van der Waals surface area contributed by atoms with E-state index in [0.717, 1.165) is 0 Å². The van der Waals surface area contributed by atoms with Gasteiger partial charge < -0.3 is 36.9 Å². The van der Waals surface area contributed by atoms with E-state index in [-0.39, 0.29) is 30.1 Å². The van der Waals surface area contributed by atoms with Gasteiger partial charge in [-0.2, -0.15) is 25.3 Å². The number of thiol groups is 2. The van der Waals surface area contributed by atoms with Crippen molar-refractivity contribution in [2.45, 2.75) is 37.0 Å². The van der Waals surface area contributed by atoms with Crippen molar-refractivity contribution in [2.24, 2.45) is 5.73 Å². The van der Waals surface area contributed by atoms with Crippen LogP contribution in [0.1, 0.15) is 11.3 Å². The summed E-state index contributed by atoms with van der Waals surface area (Å²) in [4.78, 5) is 56.2. The van der Waals surface area contributed by atoms with Crippen molar-refractivity contribution in [3.05, 3.63) is 48.0 Å². The van der Waals surface area contributed by atoms with E-state index in [0.29, 0.717) is 11.3 Å². The van der Waals surface area contributed by atoms with Crippen molar-refractivity contribution >= 4 is 48.9 Å². The Bertz CT molecular complexity index is 1000. The molecule has 1 aromatic carbocycles. The second-order valence-corrected chi connectivity index (χ2v) is 8.38. The number of hydrogen-bond acceptors (Lipinski definition) is 9. The maximum Gasteiger partial charge on any atom is 0.327 e. The van der Waals surface area contributed by atoms with Gasteiger partial charge >= 0.3 is 5.97 Å². The number of hydrogen-bond donors (Lipinski definition) is 9. The number of carbonyl (C=O) groups excluding carboxylic acids is 3. The van der Waals surface area contributed by atoms with E-state index in [1.54, 1.807) is 12.1 Å². The fraction of sp³-hybridized carbons (Fsp3) is 0.381. The molecular weight excluding hydrogens is 496 g/mol. The lowest BCUT2D eigenvalue weighted by molar-refractivity contribution is -0.141. The summed E-state index contributed by atoms with van der Waals surface area (Å²) < 4.78 is 0. The number of nitrogens with two attached hydrogens (primary N) is 1. The lowest BCUT2D eigenvalue weighted by Gasteiger charge is -2.24. The molecule has 1 aromatic heterocycles. The van der Waals surface area contributed by atoms with Crippen LogP contribution in [0.2, 0.25) is 0 Å². The third-order valence-corrected chi connectivity index (χ3v) is 5.68. The summed E-state index contributed by atoms with van der Waals surface area (Å²) in [5.41, 5.74) is 7.14. The van der Waals surface area contributed by atoms with Gasteiger partial charge in [0.25, 0.3) is 0 Å². The number of carbonyl (C=O) groups is 4. The number of carboxylic acid groups (broad SMARTS) is 1. The van der Waals surface area contributed by atoms with Crippen molar-refractivity contribution in [3.8, 4) is 5.75 Å². The Morgan fingerprint density at radius 2 is 1.49 bits per heavy atom. The monoisotopic (exact) mass is 524 g/mol. The minimum Gasteiger partial charge on any atom is -0.508 e. The Hall–Kier alpha value is -3.23. The zero-order valence-electron chi connectivity index (χ0n) is 18.5. The highest BCUT2D eigenvalue weighted by Gasteiger charge is 2.30. The first-order valence-corrected chi connectivity index (χ1v) is 11.8. The van der Waals surface area contributed by atoms with Crippen LogP contribution in [-0.4, -0.2) is 79.5 Å². The number of H-pyrrole nitrogens is 1. The quantitative estimate of drug-likeness (QED) is 0.143. The van der Waals surface area contributed by atoms with Crippen LogP contribution in [0.3, 0.4) is 0 Å². The topological polar surface area (TPSA) is 200 Å². The average Bonchev–Trinajstić information content (AvgIpc) is 3.34. The van der Waals surface area contributed by atoms with Gasteiger partial charge in [0.1, 0.15) is 23.9 Å². The Morgan fingerprint density at radius 3 is 2.03 bits per heavy atom. The molecule has 0 fully saturated rings. The molecule has 1 heterocycles. The van der Waals surface area contributed by atoms with Gasteiger partial charge in [0.15, 0.2) is 0 Å². The summed E-state index contributed by atoms with van der Waals surface area (Å²) in [6.07, 6.45) is 3.13. The highest BCUT2D eigenvalue weighted by Crippen LogP contribution is 2.12. The Balaban J connectivity index is 2.11. The van der Waals surface area contributed by atoms with E-state index in [2.05, 4.69) is 51.2 Å². The van der Waals surface area contributed by atoms with Crippen molar-refractivity contribution in [1.29, 1.82) is 0 Å². The Kier molecular flexibility index (Phi) is 10.9. The van der Waals surface area contributed by atoms with Crippen LogP contribution in [0.5, 0.6) is 5.75 Å². The van der Waals surface area contributed by atoms with E-state index < -0.39 is 47.9 Å². The Labute approximate surface area is 212 Å². The first-order chi connectivity index (χ1) is 16.6. The second-order valence-electron chi connectivity index (χ2n) is 7.64. The molecule has 8 N–H and O–H groups in total. The maximum absolute atomic E-state index is 12.9. The lowest BCUT2D eigenvalue weighted by atomic mass is 10.0. The number of imidazole rings is 1. The summed E-state index contributed by atoms with van der Waals surface area (Å²) in [6, 6.07) is 1.40. The summed E-state index contributed by atoms with van der Waals surface area (Å²) >= 11 is 8.05. The van der Waals surface area contributed by atoms with Gasteiger partial charge in [-0.25, -0.2) is 9.78 Å². The fourth-order valence-corrected chi connectivity index (χ4v) is 3.51. The molecule has 0 saturated carbocycles. The largest absolute Gasteiger partial charge is 0.508 e. The highest BCUT2D eigenvalue weighted by molar-refractivity contribution is 7.80. The van der Waals surface area contributed by atoms with Gasteiger partial charge in [-0.05, 0) is 17.7 Å². The number of phenols is 1. The SMILES string of the molecule is NC(Cc1cnc[nH]1)C(=O)NC(CS)C(=O)NC(Cc1ccc(O)cc1)C(=O)NC(CS)C(=O)O. The molecule has 0 spiro atoms. The predicted molar refractivity (Wildman–Crippen MR) is 133 cm³/mol. The summed E-state index contributed by atoms with van der Waals surface area (Å²) in [6.45, 7) is 0. The molecule has 0 radical (unpaired) electrons.